The van der Waals surface area contributed by atoms with Crippen LogP contribution < -0.4 is 5.32 Å². The maximum Gasteiger partial charge on any atom is 0.274 e. The van der Waals surface area contributed by atoms with Gasteiger partial charge in [0.2, 0.25) is 5.91 Å². The number of likely N-dealkylation sites (tertiary alicyclic amines) is 1. The lowest BCUT2D eigenvalue weighted by atomic mass is 9.86. The summed E-state index contributed by atoms with van der Waals surface area (Å²) in [4.78, 5) is 33.2. The zero-order valence-electron chi connectivity index (χ0n) is 9.93. The van der Waals surface area contributed by atoms with Crippen molar-refractivity contribution in [2.75, 3.05) is 19.6 Å². The zero-order chi connectivity index (χ0) is 12.6. The number of amides is 2. The van der Waals surface area contributed by atoms with E-state index in [0.717, 1.165) is 6.42 Å². The molecule has 1 spiro atoms. The largest absolute Gasteiger partial charge is 0.355 e. The molecule has 1 N–H and O–H groups in total. The first-order valence-corrected chi connectivity index (χ1v) is 6.01. The Hall–Kier alpha value is -1.98. The molecule has 3 rings (SSSR count). The first-order chi connectivity index (χ1) is 8.69. The van der Waals surface area contributed by atoms with Gasteiger partial charge in [0, 0.05) is 43.9 Å². The Morgan fingerprint density at radius 3 is 3.00 bits per heavy atom. The molecule has 0 aliphatic carbocycles. The van der Waals surface area contributed by atoms with Crippen LogP contribution in [-0.2, 0) is 4.79 Å². The topological polar surface area (TPSA) is 75.2 Å². The van der Waals surface area contributed by atoms with E-state index >= 15 is 0 Å². The van der Waals surface area contributed by atoms with Crippen molar-refractivity contribution in [3.05, 3.63) is 24.3 Å². The predicted octanol–water partition coefficient (Wildman–Crippen LogP) is -0.171. The number of hydrogen-bond donors (Lipinski definition) is 1. The minimum atomic E-state index is -0.0978. The number of nitrogens with zero attached hydrogens (tertiary/aromatic N) is 3. The summed E-state index contributed by atoms with van der Waals surface area (Å²) < 4.78 is 0. The van der Waals surface area contributed by atoms with Crippen LogP contribution in [0.5, 0.6) is 0 Å². The van der Waals surface area contributed by atoms with Crippen LogP contribution in [0.25, 0.3) is 0 Å². The van der Waals surface area contributed by atoms with Gasteiger partial charge in [-0.25, -0.2) is 4.98 Å². The lowest BCUT2D eigenvalue weighted by Gasteiger charge is -2.21. The van der Waals surface area contributed by atoms with Crippen molar-refractivity contribution < 1.29 is 9.59 Å². The minimum absolute atomic E-state index is 0.0606. The number of carbonyl (C=O) groups excluding carboxylic acids is 2. The van der Waals surface area contributed by atoms with Crippen molar-refractivity contribution >= 4 is 11.8 Å². The second-order valence-electron chi connectivity index (χ2n) is 5.02. The highest BCUT2D eigenvalue weighted by Crippen LogP contribution is 2.36. The Bertz CT molecular complexity index is 490. The summed E-state index contributed by atoms with van der Waals surface area (Å²) in [6.45, 7) is 1.99. The maximum atomic E-state index is 12.2. The number of nitrogens with one attached hydrogen (secondary N) is 1. The molecule has 2 saturated heterocycles. The highest BCUT2D eigenvalue weighted by atomic mass is 16.2. The van der Waals surface area contributed by atoms with Crippen molar-refractivity contribution in [2.24, 2.45) is 5.41 Å². The van der Waals surface area contributed by atoms with Gasteiger partial charge in [-0.15, -0.1) is 0 Å². The van der Waals surface area contributed by atoms with Gasteiger partial charge in [0.05, 0.1) is 6.20 Å². The standard InChI is InChI=1S/C12H14N4O2/c17-10-5-12(7-15-10)1-4-16(8-12)11(18)9-6-13-2-3-14-9/h2-3,6H,1,4-5,7-8H2,(H,15,17). The zero-order valence-corrected chi connectivity index (χ0v) is 9.93. The number of hydrogen-bond acceptors (Lipinski definition) is 4. The maximum absolute atomic E-state index is 12.2. The van der Waals surface area contributed by atoms with Crippen LogP contribution in [0.3, 0.4) is 0 Å². The van der Waals surface area contributed by atoms with E-state index in [1.807, 2.05) is 0 Å². The molecule has 6 nitrogen and oxygen atoms in total. The molecule has 94 valence electrons. The molecule has 2 fully saturated rings. The van der Waals surface area contributed by atoms with E-state index in [1.54, 1.807) is 11.1 Å². The second-order valence-corrected chi connectivity index (χ2v) is 5.02. The molecular weight excluding hydrogens is 232 g/mol. The minimum Gasteiger partial charge on any atom is -0.355 e. The molecule has 0 aromatic carbocycles. The lowest BCUT2D eigenvalue weighted by Crippen LogP contribution is -2.33. The summed E-state index contributed by atoms with van der Waals surface area (Å²) in [7, 11) is 0. The van der Waals surface area contributed by atoms with E-state index in [-0.39, 0.29) is 17.2 Å². The molecule has 3 heterocycles. The first-order valence-electron chi connectivity index (χ1n) is 6.01. The second kappa shape index (κ2) is 4.04. The van der Waals surface area contributed by atoms with Crippen LogP contribution in [0.4, 0.5) is 0 Å². The van der Waals surface area contributed by atoms with Gasteiger partial charge in [-0.05, 0) is 6.42 Å². The van der Waals surface area contributed by atoms with E-state index in [9.17, 15) is 9.59 Å². The molecule has 2 aliphatic rings. The Morgan fingerprint density at radius 1 is 1.44 bits per heavy atom. The Morgan fingerprint density at radius 2 is 2.33 bits per heavy atom. The van der Waals surface area contributed by atoms with Gasteiger partial charge in [-0.3, -0.25) is 14.6 Å². The highest BCUT2D eigenvalue weighted by Gasteiger charge is 2.45. The Balaban J connectivity index is 1.73. The van der Waals surface area contributed by atoms with Gasteiger partial charge in [-0.2, -0.15) is 0 Å². The molecule has 1 unspecified atom stereocenters. The van der Waals surface area contributed by atoms with Gasteiger partial charge in [0.1, 0.15) is 5.69 Å². The van der Waals surface area contributed by atoms with E-state index in [4.69, 9.17) is 0 Å². The van der Waals surface area contributed by atoms with Gasteiger partial charge < -0.3 is 10.2 Å². The Kier molecular flexibility index (Phi) is 2.50. The molecule has 1 aromatic rings. The monoisotopic (exact) mass is 246 g/mol. The van der Waals surface area contributed by atoms with Gasteiger partial charge in [-0.1, -0.05) is 0 Å². The smallest absolute Gasteiger partial charge is 0.274 e. The van der Waals surface area contributed by atoms with Crippen LogP contribution in [0, 0.1) is 5.41 Å². The summed E-state index contributed by atoms with van der Waals surface area (Å²) in [5.74, 6) is -0.0110. The van der Waals surface area contributed by atoms with Crippen molar-refractivity contribution in [1.29, 1.82) is 0 Å². The third-order valence-electron chi connectivity index (χ3n) is 3.70. The van der Waals surface area contributed by atoms with Crippen molar-refractivity contribution in [3.8, 4) is 0 Å². The van der Waals surface area contributed by atoms with Crippen LogP contribution in [0.15, 0.2) is 18.6 Å². The molecule has 1 aromatic heterocycles. The summed E-state index contributed by atoms with van der Waals surface area (Å²) in [5.41, 5.74) is 0.307. The average Bonchev–Trinajstić information content (AvgIpc) is 2.97. The van der Waals surface area contributed by atoms with E-state index in [0.29, 0.717) is 31.7 Å². The van der Waals surface area contributed by atoms with Crippen LogP contribution in [0.2, 0.25) is 0 Å². The molecule has 18 heavy (non-hydrogen) atoms. The lowest BCUT2D eigenvalue weighted by molar-refractivity contribution is -0.119. The summed E-state index contributed by atoms with van der Waals surface area (Å²) in [6.07, 6.45) is 5.93. The quantitative estimate of drug-likeness (QED) is 0.746. The molecular formula is C12H14N4O2. The average molecular weight is 246 g/mol. The highest BCUT2D eigenvalue weighted by molar-refractivity contribution is 5.92. The molecule has 0 bridgehead atoms. The van der Waals surface area contributed by atoms with E-state index in [1.165, 1.54) is 12.4 Å². The molecule has 2 aliphatic heterocycles. The fraction of sp³-hybridized carbons (Fsp3) is 0.500. The summed E-state index contributed by atoms with van der Waals surface area (Å²) in [6, 6.07) is 0. The summed E-state index contributed by atoms with van der Waals surface area (Å²) >= 11 is 0. The third kappa shape index (κ3) is 1.83. The predicted molar refractivity (Wildman–Crippen MR) is 62.6 cm³/mol. The van der Waals surface area contributed by atoms with Crippen LogP contribution in [-0.4, -0.2) is 46.3 Å². The van der Waals surface area contributed by atoms with Gasteiger partial charge in [0.25, 0.3) is 5.91 Å². The molecule has 6 heteroatoms. The first kappa shape index (κ1) is 11.1. The van der Waals surface area contributed by atoms with E-state index < -0.39 is 0 Å². The van der Waals surface area contributed by atoms with Crippen molar-refractivity contribution in [3.63, 3.8) is 0 Å². The Labute approximate surface area is 104 Å². The SMILES string of the molecule is O=C1CC2(CCN(C(=O)c3cnccn3)C2)CN1. The molecule has 0 radical (unpaired) electrons. The number of carbonyl (C=O) groups is 2. The van der Waals surface area contributed by atoms with Crippen LogP contribution >= 0.6 is 0 Å². The number of aromatic nitrogens is 2. The molecule has 2 amide bonds. The van der Waals surface area contributed by atoms with Gasteiger partial charge >= 0.3 is 0 Å². The van der Waals surface area contributed by atoms with Crippen LogP contribution in [0.1, 0.15) is 23.3 Å². The van der Waals surface area contributed by atoms with E-state index in [2.05, 4.69) is 15.3 Å². The molecule has 0 saturated carbocycles. The normalized spacial score (nSPS) is 26.7. The fourth-order valence-electron chi connectivity index (χ4n) is 2.72. The van der Waals surface area contributed by atoms with Crippen molar-refractivity contribution in [1.82, 2.24) is 20.2 Å². The van der Waals surface area contributed by atoms with Crippen molar-refractivity contribution in [2.45, 2.75) is 12.8 Å². The summed E-state index contributed by atoms with van der Waals surface area (Å²) in [5, 5.41) is 2.85. The molecule has 1 atom stereocenters. The number of rotatable bonds is 1. The fourth-order valence-corrected chi connectivity index (χ4v) is 2.72. The van der Waals surface area contributed by atoms with Gasteiger partial charge in [0.15, 0.2) is 0 Å². The third-order valence-corrected chi connectivity index (χ3v) is 3.70.